The lowest BCUT2D eigenvalue weighted by atomic mass is 10.1. The van der Waals surface area contributed by atoms with E-state index in [1.54, 1.807) is 0 Å². The van der Waals surface area contributed by atoms with Gasteiger partial charge in [-0.05, 0) is 45.4 Å². The van der Waals surface area contributed by atoms with Crippen LogP contribution >= 0.6 is 11.6 Å². The summed E-state index contributed by atoms with van der Waals surface area (Å²) < 4.78 is 0. The Morgan fingerprint density at radius 3 is 2.17 bits per heavy atom. The zero-order valence-electron chi connectivity index (χ0n) is 11.3. The maximum atomic E-state index is 11.8. The number of carbonyl (C=O) groups excluding carboxylic acids is 1. The molecule has 0 bridgehead atoms. The Balaban J connectivity index is 2.56. The Hall–Kier alpha value is -1.06. The van der Waals surface area contributed by atoms with Crippen molar-refractivity contribution in [1.82, 2.24) is 10.6 Å². The Morgan fingerprint density at radius 2 is 1.67 bits per heavy atom. The highest BCUT2D eigenvalue weighted by Crippen LogP contribution is 2.16. The third kappa shape index (κ3) is 4.67. The van der Waals surface area contributed by atoms with E-state index in [4.69, 9.17) is 11.6 Å². The first-order valence-corrected chi connectivity index (χ1v) is 6.60. The molecule has 0 aliphatic rings. The minimum Gasteiger partial charge on any atom is -0.353 e. The molecule has 2 N–H and O–H groups in total. The van der Waals surface area contributed by atoms with E-state index in [0.29, 0.717) is 0 Å². The van der Waals surface area contributed by atoms with Crippen LogP contribution < -0.4 is 10.6 Å². The van der Waals surface area contributed by atoms with Gasteiger partial charge in [0.1, 0.15) is 0 Å². The molecule has 0 aliphatic carbocycles. The Kier molecular flexibility index (Phi) is 5.63. The summed E-state index contributed by atoms with van der Waals surface area (Å²) in [6.45, 7) is 7.80. The van der Waals surface area contributed by atoms with Gasteiger partial charge in [0, 0.05) is 17.1 Å². The van der Waals surface area contributed by atoms with Crippen LogP contribution in [0, 0.1) is 0 Å². The zero-order valence-corrected chi connectivity index (χ0v) is 12.1. The predicted molar refractivity (Wildman–Crippen MR) is 75.7 cm³/mol. The normalized spacial score (nSPS) is 14.3. The maximum absolute atomic E-state index is 11.8. The van der Waals surface area contributed by atoms with Crippen molar-refractivity contribution in [1.29, 1.82) is 0 Å². The minimum atomic E-state index is -0.224. The van der Waals surface area contributed by atoms with Gasteiger partial charge in [0.15, 0.2) is 0 Å². The third-order valence-corrected chi connectivity index (χ3v) is 2.95. The average molecular weight is 269 g/mol. The van der Waals surface area contributed by atoms with Crippen LogP contribution in [0.5, 0.6) is 0 Å². The van der Waals surface area contributed by atoms with Gasteiger partial charge in [0.2, 0.25) is 5.91 Å². The molecule has 0 unspecified atom stereocenters. The molecule has 0 spiro atoms. The monoisotopic (exact) mass is 268 g/mol. The third-order valence-electron chi connectivity index (χ3n) is 2.69. The van der Waals surface area contributed by atoms with Crippen molar-refractivity contribution < 1.29 is 4.79 Å². The van der Waals surface area contributed by atoms with Crippen LogP contribution in [0.1, 0.15) is 39.3 Å². The van der Waals surface area contributed by atoms with E-state index in [9.17, 15) is 4.79 Å². The van der Waals surface area contributed by atoms with Gasteiger partial charge in [-0.15, -0.1) is 0 Å². The molecule has 4 heteroatoms. The quantitative estimate of drug-likeness (QED) is 0.862. The standard InChI is InChI=1S/C14H21ClN2O/c1-9(2)16-14(18)11(4)17-10(3)12-5-7-13(15)8-6-12/h5-11,17H,1-4H3,(H,16,18)/t10-,11-/m1/s1. The van der Waals surface area contributed by atoms with Crippen LogP contribution in [0.4, 0.5) is 0 Å². The molecule has 0 fully saturated rings. The van der Waals surface area contributed by atoms with E-state index in [1.807, 2.05) is 52.0 Å². The topological polar surface area (TPSA) is 41.1 Å². The van der Waals surface area contributed by atoms with Gasteiger partial charge in [-0.3, -0.25) is 10.1 Å². The van der Waals surface area contributed by atoms with Gasteiger partial charge in [-0.1, -0.05) is 23.7 Å². The van der Waals surface area contributed by atoms with Crippen LogP contribution in [-0.2, 0) is 4.79 Å². The second-order valence-corrected chi connectivity index (χ2v) is 5.26. The number of benzene rings is 1. The molecule has 3 nitrogen and oxygen atoms in total. The van der Waals surface area contributed by atoms with Crippen molar-refractivity contribution >= 4 is 17.5 Å². The second-order valence-electron chi connectivity index (χ2n) is 4.82. The summed E-state index contributed by atoms with van der Waals surface area (Å²) in [6.07, 6.45) is 0. The maximum Gasteiger partial charge on any atom is 0.237 e. The fraction of sp³-hybridized carbons (Fsp3) is 0.500. The Labute approximate surface area is 114 Å². The number of amides is 1. The molecule has 0 radical (unpaired) electrons. The van der Waals surface area contributed by atoms with E-state index < -0.39 is 0 Å². The number of rotatable bonds is 5. The van der Waals surface area contributed by atoms with Crippen LogP contribution in [0.15, 0.2) is 24.3 Å². The summed E-state index contributed by atoms with van der Waals surface area (Å²) in [5.41, 5.74) is 1.11. The summed E-state index contributed by atoms with van der Waals surface area (Å²) in [7, 11) is 0. The first-order valence-electron chi connectivity index (χ1n) is 6.22. The number of halogens is 1. The number of hydrogen-bond donors (Lipinski definition) is 2. The van der Waals surface area contributed by atoms with E-state index in [0.717, 1.165) is 10.6 Å². The van der Waals surface area contributed by atoms with Gasteiger partial charge < -0.3 is 5.32 Å². The zero-order chi connectivity index (χ0) is 13.7. The molecule has 0 aliphatic heterocycles. The first kappa shape index (κ1) is 15.0. The lowest BCUT2D eigenvalue weighted by Gasteiger charge is -2.21. The summed E-state index contributed by atoms with van der Waals surface area (Å²) in [4.78, 5) is 11.8. The van der Waals surface area contributed by atoms with E-state index in [2.05, 4.69) is 10.6 Å². The van der Waals surface area contributed by atoms with Gasteiger partial charge in [0.05, 0.1) is 6.04 Å². The molecule has 18 heavy (non-hydrogen) atoms. The van der Waals surface area contributed by atoms with Crippen LogP contribution in [0.2, 0.25) is 5.02 Å². The summed E-state index contributed by atoms with van der Waals surface area (Å²) >= 11 is 5.85. The molecule has 100 valence electrons. The van der Waals surface area contributed by atoms with Gasteiger partial charge in [-0.2, -0.15) is 0 Å². The van der Waals surface area contributed by atoms with Crippen molar-refractivity contribution in [2.45, 2.75) is 45.8 Å². The van der Waals surface area contributed by atoms with Crippen LogP contribution in [0.3, 0.4) is 0 Å². The summed E-state index contributed by atoms with van der Waals surface area (Å²) in [5, 5.41) is 6.87. The first-order chi connectivity index (χ1) is 8.40. The van der Waals surface area contributed by atoms with Crippen molar-refractivity contribution in [2.75, 3.05) is 0 Å². The molecular formula is C14H21ClN2O. The van der Waals surface area contributed by atoms with Crippen LogP contribution in [-0.4, -0.2) is 18.0 Å². The molecule has 0 saturated heterocycles. The summed E-state index contributed by atoms with van der Waals surface area (Å²) in [5.74, 6) is 0.0193. The lowest BCUT2D eigenvalue weighted by molar-refractivity contribution is -0.123. The van der Waals surface area contributed by atoms with Crippen LogP contribution in [0.25, 0.3) is 0 Å². The fourth-order valence-electron chi connectivity index (χ4n) is 1.71. The Bertz CT molecular complexity index is 389. The molecule has 0 aromatic heterocycles. The largest absolute Gasteiger partial charge is 0.353 e. The molecule has 2 atom stereocenters. The highest BCUT2D eigenvalue weighted by atomic mass is 35.5. The molecular weight excluding hydrogens is 248 g/mol. The smallest absolute Gasteiger partial charge is 0.237 e. The highest BCUT2D eigenvalue weighted by Gasteiger charge is 2.16. The molecule has 0 saturated carbocycles. The summed E-state index contributed by atoms with van der Waals surface area (Å²) in [6, 6.07) is 7.68. The van der Waals surface area contributed by atoms with E-state index >= 15 is 0 Å². The number of hydrogen-bond acceptors (Lipinski definition) is 2. The minimum absolute atomic E-state index is 0.0193. The Morgan fingerprint density at radius 1 is 1.11 bits per heavy atom. The number of carbonyl (C=O) groups is 1. The molecule has 1 aromatic rings. The fourth-order valence-corrected chi connectivity index (χ4v) is 1.83. The van der Waals surface area contributed by atoms with Gasteiger partial charge >= 0.3 is 0 Å². The van der Waals surface area contributed by atoms with Crippen molar-refractivity contribution in [3.05, 3.63) is 34.9 Å². The van der Waals surface area contributed by atoms with Gasteiger partial charge in [-0.25, -0.2) is 0 Å². The molecule has 1 aromatic carbocycles. The second kappa shape index (κ2) is 6.76. The molecule has 1 rings (SSSR count). The SMILES string of the molecule is CC(C)NC(=O)[C@@H](C)N[C@H](C)c1ccc(Cl)cc1. The van der Waals surface area contributed by atoms with Crippen molar-refractivity contribution in [2.24, 2.45) is 0 Å². The van der Waals surface area contributed by atoms with Crippen molar-refractivity contribution in [3.8, 4) is 0 Å². The van der Waals surface area contributed by atoms with Crippen molar-refractivity contribution in [3.63, 3.8) is 0 Å². The van der Waals surface area contributed by atoms with E-state index in [-0.39, 0.29) is 24.0 Å². The molecule has 0 heterocycles. The molecule has 1 amide bonds. The average Bonchev–Trinajstić information content (AvgIpc) is 2.28. The lowest BCUT2D eigenvalue weighted by Crippen LogP contribution is -2.45. The van der Waals surface area contributed by atoms with E-state index in [1.165, 1.54) is 0 Å². The number of nitrogens with one attached hydrogen (secondary N) is 2. The predicted octanol–water partition coefficient (Wildman–Crippen LogP) is 2.90. The highest BCUT2D eigenvalue weighted by molar-refractivity contribution is 6.30. The van der Waals surface area contributed by atoms with Gasteiger partial charge in [0.25, 0.3) is 0 Å².